The smallest absolute Gasteiger partial charge is 0.211 e. The van der Waals surface area contributed by atoms with Crippen LogP contribution in [0.4, 0.5) is 0 Å². The van der Waals surface area contributed by atoms with Crippen LogP contribution in [-0.2, 0) is 0 Å². The number of aromatic nitrogens is 1. The van der Waals surface area contributed by atoms with E-state index in [4.69, 9.17) is 11.5 Å². The van der Waals surface area contributed by atoms with Gasteiger partial charge >= 0.3 is 0 Å². The zero-order chi connectivity index (χ0) is 11.5. The van der Waals surface area contributed by atoms with Crippen LogP contribution in [0.15, 0.2) is 34.5 Å². The van der Waals surface area contributed by atoms with Crippen LogP contribution in [0.25, 0.3) is 10.9 Å². The van der Waals surface area contributed by atoms with E-state index in [2.05, 4.69) is 33.4 Å². The largest absolute Gasteiger partial charge is 0.369 e. The van der Waals surface area contributed by atoms with Gasteiger partial charge < -0.3 is 16.5 Å². The summed E-state index contributed by atoms with van der Waals surface area (Å²) < 4.78 is 0. The fourth-order valence-electron chi connectivity index (χ4n) is 1.49. The Morgan fingerprint density at radius 2 is 2.12 bits per heavy atom. The Kier molecular flexibility index (Phi) is 2.59. The number of nitrogens with zero attached hydrogens (tertiary/aromatic N) is 2. The highest BCUT2D eigenvalue weighted by molar-refractivity contribution is 5.90. The van der Waals surface area contributed by atoms with E-state index >= 15 is 0 Å². The molecule has 0 radical (unpaired) electrons. The Hall–Kier alpha value is -2.30. The summed E-state index contributed by atoms with van der Waals surface area (Å²) in [5.41, 5.74) is 13.5. The zero-order valence-electron chi connectivity index (χ0n) is 8.94. The molecule has 0 aliphatic rings. The van der Waals surface area contributed by atoms with Gasteiger partial charge in [0.05, 0.1) is 11.9 Å². The number of fused-ring (bicyclic) bond motifs is 1. The first kappa shape index (κ1) is 10.2. The molecule has 82 valence electrons. The highest BCUT2D eigenvalue weighted by Crippen LogP contribution is 2.15. The topological polar surface area (TPSA) is 92.5 Å². The van der Waals surface area contributed by atoms with Gasteiger partial charge in [0, 0.05) is 10.9 Å². The Morgan fingerprint density at radius 3 is 2.88 bits per heavy atom. The van der Waals surface area contributed by atoms with Crippen LogP contribution >= 0.6 is 0 Å². The highest BCUT2D eigenvalue weighted by atomic mass is 15.3. The third-order valence-corrected chi connectivity index (χ3v) is 2.17. The molecule has 0 aliphatic heterocycles. The van der Waals surface area contributed by atoms with E-state index in [1.165, 1.54) is 5.56 Å². The van der Waals surface area contributed by atoms with Crippen LogP contribution in [0.3, 0.4) is 0 Å². The number of hydrogen-bond donors (Lipinski definition) is 3. The summed E-state index contributed by atoms with van der Waals surface area (Å²) in [4.78, 5) is 3.21. The summed E-state index contributed by atoms with van der Waals surface area (Å²) in [7, 11) is 0. The van der Waals surface area contributed by atoms with Gasteiger partial charge in [-0.05, 0) is 24.6 Å². The number of rotatable bonds is 2. The molecule has 0 unspecified atom stereocenters. The minimum Gasteiger partial charge on any atom is -0.369 e. The molecule has 5 heteroatoms. The Labute approximate surface area is 92.9 Å². The third-order valence-electron chi connectivity index (χ3n) is 2.17. The second-order valence-corrected chi connectivity index (χ2v) is 3.58. The Balaban J connectivity index is 2.33. The lowest BCUT2D eigenvalue weighted by Gasteiger charge is -1.90. The van der Waals surface area contributed by atoms with Gasteiger partial charge in [-0.15, -0.1) is 5.10 Å². The fourth-order valence-corrected chi connectivity index (χ4v) is 1.49. The van der Waals surface area contributed by atoms with Crippen LogP contribution in [0, 0.1) is 6.92 Å². The van der Waals surface area contributed by atoms with Crippen LogP contribution in [0.2, 0.25) is 0 Å². The monoisotopic (exact) mass is 215 g/mol. The molecule has 0 spiro atoms. The minimum absolute atomic E-state index is 0.0526. The Morgan fingerprint density at radius 1 is 1.31 bits per heavy atom. The van der Waals surface area contributed by atoms with E-state index in [0.29, 0.717) is 0 Å². The molecule has 5 N–H and O–H groups in total. The molecule has 0 atom stereocenters. The van der Waals surface area contributed by atoms with Gasteiger partial charge in [-0.1, -0.05) is 12.1 Å². The molecule has 0 saturated heterocycles. The summed E-state index contributed by atoms with van der Waals surface area (Å²) in [5.74, 6) is -0.0526. The number of nitrogens with one attached hydrogen (secondary N) is 1. The number of aryl methyl sites for hydroxylation is 1. The van der Waals surface area contributed by atoms with Crippen molar-refractivity contribution in [2.24, 2.45) is 21.7 Å². The summed E-state index contributed by atoms with van der Waals surface area (Å²) in [6, 6.07) is 8.18. The van der Waals surface area contributed by atoms with Crippen molar-refractivity contribution in [3.05, 3.63) is 35.5 Å². The number of aromatic amines is 1. The minimum atomic E-state index is -0.0526. The molecular formula is C11H13N5. The number of H-pyrrole nitrogens is 1. The van der Waals surface area contributed by atoms with Crippen molar-refractivity contribution in [2.45, 2.75) is 6.92 Å². The lowest BCUT2D eigenvalue weighted by Crippen LogP contribution is -2.21. The van der Waals surface area contributed by atoms with Gasteiger partial charge in [-0.25, -0.2) is 0 Å². The summed E-state index contributed by atoms with van der Waals surface area (Å²) in [6.07, 6.45) is 1.58. The molecule has 5 nitrogen and oxygen atoms in total. The van der Waals surface area contributed by atoms with E-state index < -0.39 is 0 Å². The number of benzene rings is 1. The molecule has 2 rings (SSSR count). The quantitative estimate of drug-likeness (QED) is 0.397. The van der Waals surface area contributed by atoms with Crippen molar-refractivity contribution < 1.29 is 0 Å². The highest BCUT2D eigenvalue weighted by Gasteiger charge is 1.98. The predicted molar refractivity (Wildman–Crippen MR) is 66.4 cm³/mol. The van der Waals surface area contributed by atoms with Crippen molar-refractivity contribution in [3.8, 4) is 0 Å². The molecule has 0 saturated carbocycles. The van der Waals surface area contributed by atoms with E-state index in [9.17, 15) is 0 Å². The normalized spacial score (nSPS) is 11.1. The van der Waals surface area contributed by atoms with Crippen LogP contribution < -0.4 is 11.5 Å². The summed E-state index contributed by atoms with van der Waals surface area (Å²) >= 11 is 0. The standard InChI is InChI=1S/C11H13N5/c1-7-2-3-8-5-9(15-10(8)4-7)6-14-16-11(12)13/h2-6,15H,1H3,(H4,12,13,16)/b14-6+. The van der Waals surface area contributed by atoms with Gasteiger partial charge in [-0.2, -0.15) is 5.10 Å². The van der Waals surface area contributed by atoms with E-state index in [0.717, 1.165) is 16.6 Å². The average Bonchev–Trinajstić information content (AvgIpc) is 2.58. The van der Waals surface area contributed by atoms with Crippen molar-refractivity contribution in [2.75, 3.05) is 0 Å². The van der Waals surface area contributed by atoms with Gasteiger partial charge in [0.15, 0.2) is 0 Å². The first-order chi connectivity index (χ1) is 7.65. The van der Waals surface area contributed by atoms with Gasteiger partial charge in [0.1, 0.15) is 0 Å². The van der Waals surface area contributed by atoms with E-state index in [-0.39, 0.29) is 5.96 Å². The maximum Gasteiger partial charge on any atom is 0.211 e. The van der Waals surface area contributed by atoms with Gasteiger partial charge in [0.2, 0.25) is 5.96 Å². The van der Waals surface area contributed by atoms with Crippen LogP contribution in [0.5, 0.6) is 0 Å². The van der Waals surface area contributed by atoms with Crippen LogP contribution in [0.1, 0.15) is 11.3 Å². The van der Waals surface area contributed by atoms with E-state index in [1.54, 1.807) is 6.21 Å². The SMILES string of the molecule is Cc1ccc2cc(/C=N/N=C(N)N)[nH]c2c1. The molecule has 0 amide bonds. The average molecular weight is 215 g/mol. The van der Waals surface area contributed by atoms with Crippen LogP contribution in [-0.4, -0.2) is 17.2 Å². The molecule has 0 fully saturated rings. The lowest BCUT2D eigenvalue weighted by molar-refractivity contribution is 1.21. The molecule has 1 aromatic carbocycles. The number of guanidine groups is 1. The molecule has 1 heterocycles. The zero-order valence-corrected chi connectivity index (χ0v) is 8.94. The molecule has 1 aromatic heterocycles. The molecule has 2 aromatic rings. The molecule has 0 bridgehead atoms. The summed E-state index contributed by atoms with van der Waals surface area (Å²) in [5, 5.41) is 8.41. The van der Waals surface area contributed by atoms with Gasteiger partial charge in [-0.3, -0.25) is 0 Å². The first-order valence-electron chi connectivity index (χ1n) is 4.86. The third kappa shape index (κ3) is 2.20. The molecule has 16 heavy (non-hydrogen) atoms. The molecular weight excluding hydrogens is 202 g/mol. The van der Waals surface area contributed by atoms with Crippen molar-refractivity contribution in [1.82, 2.24) is 4.98 Å². The van der Waals surface area contributed by atoms with Crippen molar-refractivity contribution >= 4 is 23.1 Å². The first-order valence-corrected chi connectivity index (χ1v) is 4.86. The summed E-state index contributed by atoms with van der Waals surface area (Å²) in [6.45, 7) is 2.05. The second kappa shape index (κ2) is 4.06. The number of nitrogens with two attached hydrogens (primary N) is 2. The van der Waals surface area contributed by atoms with Crippen molar-refractivity contribution in [3.63, 3.8) is 0 Å². The fraction of sp³-hybridized carbons (Fsp3) is 0.0909. The number of hydrogen-bond acceptors (Lipinski definition) is 2. The van der Waals surface area contributed by atoms with Crippen molar-refractivity contribution in [1.29, 1.82) is 0 Å². The Bertz CT molecular complexity index is 561. The maximum absolute atomic E-state index is 5.16. The molecule has 0 aliphatic carbocycles. The maximum atomic E-state index is 5.16. The van der Waals surface area contributed by atoms with Gasteiger partial charge in [0.25, 0.3) is 0 Å². The predicted octanol–water partition coefficient (Wildman–Crippen LogP) is 1.08. The van der Waals surface area contributed by atoms with E-state index in [1.807, 2.05) is 13.0 Å². The lowest BCUT2D eigenvalue weighted by atomic mass is 10.2. The second-order valence-electron chi connectivity index (χ2n) is 3.58.